The van der Waals surface area contributed by atoms with E-state index in [9.17, 15) is 9.59 Å². The smallest absolute Gasteiger partial charge is 0.220 e. The zero-order chi connectivity index (χ0) is 15.1. The van der Waals surface area contributed by atoms with Gasteiger partial charge in [0.25, 0.3) is 0 Å². The topological polar surface area (TPSA) is 46.2 Å². The molecule has 114 valence electrons. The van der Waals surface area contributed by atoms with E-state index in [0.717, 1.165) is 38.4 Å². The molecular formula is C18H25NO2. The van der Waals surface area contributed by atoms with Gasteiger partial charge in [0.05, 0.1) is 0 Å². The van der Waals surface area contributed by atoms with Crippen LogP contribution in [0.2, 0.25) is 0 Å². The fraction of sp³-hybridized carbons (Fsp3) is 0.556. The van der Waals surface area contributed by atoms with Gasteiger partial charge in [-0.1, -0.05) is 43.2 Å². The average Bonchev–Trinajstić information content (AvgIpc) is 2.88. The fourth-order valence-corrected chi connectivity index (χ4v) is 3.44. The molecule has 0 bridgehead atoms. The lowest BCUT2D eigenvalue weighted by Gasteiger charge is -2.26. The Morgan fingerprint density at radius 2 is 1.95 bits per heavy atom. The first-order valence-electron chi connectivity index (χ1n) is 7.90. The van der Waals surface area contributed by atoms with Crippen molar-refractivity contribution in [2.45, 2.75) is 57.9 Å². The molecule has 0 heterocycles. The molecule has 1 saturated carbocycles. The molecule has 0 radical (unpaired) electrons. The van der Waals surface area contributed by atoms with Gasteiger partial charge in [-0.05, 0) is 37.2 Å². The molecule has 0 spiro atoms. The maximum Gasteiger partial charge on any atom is 0.220 e. The predicted molar refractivity (Wildman–Crippen MR) is 83.9 cm³/mol. The van der Waals surface area contributed by atoms with Gasteiger partial charge in [-0.25, -0.2) is 0 Å². The molecule has 2 rings (SSSR count). The van der Waals surface area contributed by atoms with E-state index in [4.69, 9.17) is 0 Å². The number of benzene rings is 1. The number of carbonyl (C=O) groups excluding carboxylic acids is 2. The zero-order valence-electron chi connectivity index (χ0n) is 12.8. The Labute approximate surface area is 127 Å². The summed E-state index contributed by atoms with van der Waals surface area (Å²) in [6.07, 6.45) is 7.12. The summed E-state index contributed by atoms with van der Waals surface area (Å²) in [5.74, 6) is 0.0854. The number of amides is 1. The lowest BCUT2D eigenvalue weighted by molar-refractivity contribution is -0.124. The van der Waals surface area contributed by atoms with Crippen molar-refractivity contribution in [3.8, 4) is 0 Å². The Bertz CT molecular complexity index is 463. The first-order chi connectivity index (χ1) is 10.1. The second-order valence-electron chi connectivity index (χ2n) is 6.41. The molecule has 0 saturated heterocycles. The van der Waals surface area contributed by atoms with Crippen LogP contribution < -0.4 is 5.32 Å². The summed E-state index contributed by atoms with van der Waals surface area (Å²) in [5, 5.41) is 3.08. The highest BCUT2D eigenvalue weighted by molar-refractivity contribution is 5.77. The van der Waals surface area contributed by atoms with Crippen LogP contribution in [0.1, 0.15) is 51.0 Å². The molecule has 0 aromatic heterocycles. The van der Waals surface area contributed by atoms with Crippen molar-refractivity contribution < 1.29 is 9.59 Å². The molecule has 1 N–H and O–H groups in total. The van der Waals surface area contributed by atoms with Crippen LogP contribution in [0.5, 0.6) is 0 Å². The van der Waals surface area contributed by atoms with Crippen LogP contribution in [0.4, 0.5) is 0 Å². The van der Waals surface area contributed by atoms with Gasteiger partial charge in [-0.15, -0.1) is 0 Å². The maximum absolute atomic E-state index is 12.3. The summed E-state index contributed by atoms with van der Waals surface area (Å²) >= 11 is 0. The molecule has 1 aromatic carbocycles. The Balaban J connectivity index is 1.84. The van der Waals surface area contributed by atoms with Crippen molar-refractivity contribution in [3.05, 3.63) is 35.9 Å². The SMILES string of the molecule is CC(Cc1ccccc1)NC(=O)CC1(CC=O)CCCC1. The molecule has 1 aromatic rings. The molecule has 0 aliphatic heterocycles. The van der Waals surface area contributed by atoms with E-state index in [1.165, 1.54) is 5.56 Å². The third-order valence-electron chi connectivity index (χ3n) is 4.51. The van der Waals surface area contributed by atoms with Crippen LogP contribution in [-0.4, -0.2) is 18.2 Å². The highest BCUT2D eigenvalue weighted by Crippen LogP contribution is 2.43. The van der Waals surface area contributed by atoms with Crippen molar-refractivity contribution in [1.29, 1.82) is 0 Å². The quantitative estimate of drug-likeness (QED) is 0.782. The molecule has 1 aliphatic rings. The maximum atomic E-state index is 12.3. The normalized spacial score (nSPS) is 18.1. The van der Waals surface area contributed by atoms with Crippen LogP contribution in [0.25, 0.3) is 0 Å². The van der Waals surface area contributed by atoms with Gasteiger partial charge in [-0.3, -0.25) is 4.79 Å². The summed E-state index contributed by atoms with van der Waals surface area (Å²) in [6.45, 7) is 2.03. The molecule has 1 atom stereocenters. The third-order valence-corrected chi connectivity index (χ3v) is 4.51. The highest BCUT2D eigenvalue weighted by atomic mass is 16.1. The van der Waals surface area contributed by atoms with Gasteiger partial charge in [0.1, 0.15) is 6.29 Å². The van der Waals surface area contributed by atoms with Crippen LogP contribution in [-0.2, 0) is 16.0 Å². The summed E-state index contributed by atoms with van der Waals surface area (Å²) in [7, 11) is 0. The lowest BCUT2D eigenvalue weighted by Crippen LogP contribution is -2.37. The first-order valence-corrected chi connectivity index (χ1v) is 7.90. The first kappa shape index (κ1) is 15.7. The van der Waals surface area contributed by atoms with Crippen LogP contribution in [0, 0.1) is 5.41 Å². The van der Waals surface area contributed by atoms with Crippen molar-refractivity contribution >= 4 is 12.2 Å². The number of hydrogen-bond acceptors (Lipinski definition) is 2. The minimum atomic E-state index is -0.0711. The molecule has 1 amide bonds. The largest absolute Gasteiger partial charge is 0.353 e. The van der Waals surface area contributed by atoms with Crippen LogP contribution >= 0.6 is 0 Å². The van der Waals surface area contributed by atoms with E-state index >= 15 is 0 Å². The van der Waals surface area contributed by atoms with Gasteiger partial charge in [0.2, 0.25) is 5.91 Å². The summed E-state index contributed by atoms with van der Waals surface area (Å²) in [6, 6.07) is 10.3. The zero-order valence-corrected chi connectivity index (χ0v) is 12.8. The average molecular weight is 287 g/mol. The minimum Gasteiger partial charge on any atom is -0.353 e. The Morgan fingerprint density at radius 1 is 1.29 bits per heavy atom. The summed E-state index contributed by atoms with van der Waals surface area (Å²) in [4.78, 5) is 23.1. The predicted octanol–water partition coefficient (Wildman–Crippen LogP) is 3.27. The number of carbonyl (C=O) groups is 2. The minimum absolute atomic E-state index is 0.0711. The second kappa shape index (κ2) is 7.39. The van der Waals surface area contributed by atoms with Gasteiger partial charge < -0.3 is 10.1 Å². The highest BCUT2D eigenvalue weighted by Gasteiger charge is 2.35. The molecule has 21 heavy (non-hydrogen) atoms. The number of hydrogen-bond donors (Lipinski definition) is 1. The monoisotopic (exact) mass is 287 g/mol. The van der Waals surface area contributed by atoms with E-state index < -0.39 is 0 Å². The van der Waals surface area contributed by atoms with E-state index in [-0.39, 0.29) is 17.4 Å². The number of aldehydes is 1. The van der Waals surface area contributed by atoms with Gasteiger partial charge in [-0.2, -0.15) is 0 Å². The molecule has 1 unspecified atom stereocenters. The summed E-state index contributed by atoms with van der Waals surface area (Å²) < 4.78 is 0. The van der Waals surface area contributed by atoms with Gasteiger partial charge >= 0.3 is 0 Å². The lowest BCUT2D eigenvalue weighted by atomic mass is 9.79. The fourth-order valence-electron chi connectivity index (χ4n) is 3.44. The van der Waals surface area contributed by atoms with Crippen molar-refractivity contribution in [3.63, 3.8) is 0 Å². The Morgan fingerprint density at radius 3 is 2.57 bits per heavy atom. The molecule has 3 heteroatoms. The van der Waals surface area contributed by atoms with Crippen LogP contribution in [0.3, 0.4) is 0 Å². The Hall–Kier alpha value is -1.64. The second-order valence-corrected chi connectivity index (χ2v) is 6.41. The van der Waals surface area contributed by atoms with Crippen molar-refractivity contribution in [2.24, 2.45) is 5.41 Å². The van der Waals surface area contributed by atoms with E-state index in [1.54, 1.807) is 0 Å². The standard InChI is InChI=1S/C18H25NO2/c1-15(13-16-7-3-2-4-8-16)19-17(21)14-18(11-12-20)9-5-6-10-18/h2-4,7-8,12,15H,5-6,9-11,13-14H2,1H3,(H,19,21). The van der Waals surface area contributed by atoms with Crippen molar-refractivity contribution in [1.82, 2.24) is 5.32 Å². The summed E-state index contributed by atoms with van der Waals surface area (Å²) in [5.41, 5.74) is 1.16. The molecular weight excluding hydrogens is 262 g/mol. The molecule has 1 aliphatic carbocycles. The van der Waals surface area contributed by atoms with Crippen LogP contribution in [0.15, 0.2) is 30.3 Å². The molecule has 3 nitrogen and oxygen atoms in total. The van der Waals surface area contributed by atoms with Crippen molar-refractivity contribution in [2.75, 3.05) is 0 Å². The van der Waals surface area contributed by atoms with E-state index in [0.29, 0.717) is 12.8 Å². The third kappa shape index (κ3) is 4.69. The number of rotatable bonds is 7. The van der Waals surface area contributed by atoms with E-state index in [2.05, 4.69) is 17.4 Å². The van der Waals surface area contributed by atoms with Gasteiger partial charge in [0, 0.05) is 18.9 Å². The molecule has 1 fully saturated rings. The number of nitrogens with one attached hydrogen (secondary N) is 1. The Kier molecular flexibility index (Phi) is 5.54. The van der Waals surface area contributed by atoms with Gasteiger partial charge in [0.15, 0.2) is 0 Å². The van der Waals surface area contributed by atoms with E-state index in [1.807, 2.05) is 25.1 Å².